The molecular formula is C25H34N2O2. The molecule has 0 spiro atoms. The minimum Gasteiger partial charge on any atom is -0.339 e. The van der Waals surface area contributed by atoms with E-state index in [-0.39, 0.29) is 23.9 Å². The first-order valence-electron chi connectivity index (χ1n) is 10.5. The van der Waals surface area contributed by atoms with Gasteiger partial charge in [0.1, 0.15) is 0 Å². The topological polar surface area (TPSA) is 40.6 Å². The molecule has 0 atom stereocenters. The first-order valence-corrected chi connectivity index (χ1v) is 10.5. The summed E-state index contributed by atoms with van der Waals surface area (Å²) < 4.78 is 0. The molecule has 0 radical (unpaired) electrons. The van der Waals surface area contributed by atoms with Crippen LogP contribution in [0, 0.1) is 6.92 Å². The predicted molar refractivity (Wildman–Crippen MR) is 120 cm³/mol. The average Bonchev–Trinajstić information content (AvgIpc) is 2.68. The highest BCUT2D eigenvalue weighted by atomic mass is 16.2. The van der Waals surface area contributed by atoms with E-state index in [9.17, 15) is 9.59 Å². The molecule has 0 fully saturated rings. The van der Waals surface area contributed by atoms with Crippen LogP contribution in [0.15, 0.2) is 42.5 Å². The van der Waals surface area contributed by atoms with E-state index in [4.69, 9.17) is 0 Å². The second kappa shape index (κ2) is 9.73. The van der Waals surface area contributed by atoms with Crippen molar-refractivity contribution < 1.29 is 9.59 Å². The lowest BCUT2D eigenvalue weighted by molar-refractivity contribution is 0.0644. The molecule has 2 amide bonds. The van der Waals surface area contributed by atoms with Crippen molar-refractivity contribution in [3.05, 3.63) is 59.2 Å². The van der Waals surface area contributed by atoms with E-state index >= 15 is 0 Å². The van der Waals surface area contributed by atoms with Gasteiger partial charge in [0.05, 0.1) is 0 Å². The minimum atomic E-state index is 0.0355. The van der Waals surface area contributed by atoms with Crippen LogP contribution in [0.5, 0.6) is 0 Å². The van der Waals surface area contributed by atoms with Gasteiger partial charge in [-0.25, -0.2) is 0 Å². The summed E-state index contributed by atoms with van der Waals surface area (Å²) in [5.74, 6) is 0.0769. The van der Waals surface area contributed by atoms with E-state index in [0.717, 1.165) is 16.7 Å². The Kier molecular flexibility index (Phi) is 7.60. The average molecular weight is 395 g/mol. The molecule has 0 heterocycles. The van der Waals surface area contributed by atoms with Gasteiger partial charge in [0.15, 0.2) is 0 Å². The van der Waals surface area contributed by atoms with Crippen molar-refractivity contribution >= 4 is 11.8 Å². The molecule has 0 aliphatic rings. The lowest BCUT2D eigenvalue weighted by atomic mass is 9.93. The Hall–Kier alpha value is -2.62. The number of hydrogen-bond donors (Lipinski definition) is 0. The van der Waals surface area contributed by atoms with Gasteiger partial charge in [0.25, 0.3) is 11.8 Å². The number of hydrogen-bond acceptors (Lipinski definition) is 2. The van der Waals surface area contributed by atoms with Crippen molar-refractivity contribution in [3.63, 3.8) is 0 Å². The molecule has 0 aliphatic heterocycles. The number of nitrogens with zero attached hydrogens (tertiary/aromatic N) is 2. The highest BCUT2D eigenvalue weighted by molar-refractivity contribution is 6.02. The molecule has 4 nitrogen and oxygen atoms in total. The molecule has 2 rings (SSSR count). The summed E-state index contributed by atoms with van der Waals surface area (Å²) in [7, 11) is 0. The summed E-state index contributed by atoms with van der Waals surface area (Å²) in [6, 6.07) is 13.7. The summed E-state index contributed by atoms with van der Waals surface area (Å²) in [5, 5.41) is 0. The Morgan fingerprint density at radius 1 is 0.828 bits per heavy atom. The van der Waals surface area contributed by atoms with Crippen LogP contribution < -0.4 is 0 Å². The maximum Gasteiger partial charge on any atom is 0.254 e. The number of amides is 2. The molecule has 29 heavy (non-hydrogen) atoms. The van der Waals surface area contributed by atoms with Crippen LogP contribution in [0.25, 0.3) is 11.1 Å². The fourth-order valence-corrected chi connectivity index (χ4v) is 3.90. The highest BCUT2D eigenvalue weighted by Gasteiger charge is 2.24. The monoisotopic (exact) mass is 394 g/mol. The van der Waals surface area contributed by atoms with Crippen molar-refractivity contribution in [1.29, 1.82) is 0 Å². The van der Waals surface area contributed by atoms with Crippen LogP contribution in [-0.2, 0) is 0 Å². The molecular weight excluding hydrogens is 360 g/mol. The summed E-state index contributed by atoms with van der Waals surface area (Å²) in [6.45, 7) is 15.5. The van der Waals surface area contributed by atoms with E-state index < -0.39 is 0 Å². The Morgan fingerprint density at radius 2 is 1.41 bits per heavy atom. The molecule has 0 aliphatic carbocycles. The molecule has 0 N–H and O–H groups in total. The van der Waals surface area contributed by atoms with Gasteiger partial charge in [-0.1, -0.05) is 24.3 Å². The van der Waals surface area contributed by atoms with E-state index in [0.29, 0.717) is 24.2 Å². The van der Waals surface area contributed by atoms with Crippen molar-refractivity contribution in [1.82, 2.24) is 9.80 Å². The molecule has 0 saturated heterocycles. The van der Waals surface area contributed by atoms with Gasteiger partial charge in [0, 0.05) is 36.3 Å². The fraction of sp³-hybridized carbons (Fsp3) is 0.440. The van der Waals surface area contributed by atoms with E-state index in [1.54, 1.807) is 0 Å². The van der Waals surface area contributed by atoms with Crippen LogP contribution in [0.1, 0.15) is 67.8 Å². The van der Waals surface area contributed by atoms with Crippen LogP contribution in [0.4, 0.5) is 0 Å². The third kappa shape index (κ3) is 4.87. The lowest BCUT2D eigenvalue weighted by Gasteiger charge is -2.31. The normalized spacial score (nSPS) is 11.1. The van der Waals surface area contributed by atoms with Gasteiger partial charge >= 0.3 is 0 Å². The summed E-state index contributed by atoms with van der Waals surface area (Å²) >= 11 is 0. The Labute approximate surface area is 175 Å². The summed E-state index contributed by atoms with van der Waals surface area (Å²) in [6.07, 6.45) is 0. The second-order valence-corrected chi connectivity index (χ2v) is 7.95. The third-order valence-electron chi connectivity index (χ3n) is 5.32. The lowest BCUT2D eigenvalue weighted by Crippen LogP contribution is -2.42. The Bertz CT molecular complexity index is 859. The number of benzene rings is 2. The number of aryl methyl sites for hydroxylation is 1. The van der Waals surface area contributed by atoms with E-state index in [1.807, 2.05) is 101 Å². The van der Waals surface area contributed by atoms with Gasteiger partial charge < -0.3 is 9.80 Å². The molecule has 2 aromatic rings. The maximum absolute atomic E-state index is 13.3. The molecule has 4 heteroatoms. The molecule has 156 valence electrons. The fourth-order valence-electron chi connectivity index (χ4n) is 3.90. The number of carbonyl (C=O) groups excluding carboxylic acids is 2. The Balaban J connectivity index is 2.49. The molecule has 2 aromatic carbocycles. The number of carbonyl (C=O) groups is 2. The largest absolute Gasteiger partial charge is 0.339 e. The number of rotatable bonds is 7. The third-order valence-corrected chi connectivity index (χ3v) is 5.32. The first kappa shape index (κ1) is 22.7. The van der Waals surface area contributed by atoms with Crippen LogP contribution in [0.2, 0.25) is 0 Å². The first-order chi connectivity index (χ1) is 13.7. The zero-order chi connectivity index (χ0) is 21.7. The zero-order valence-corrected chi connectivity index (χ0v) is 18.8. The highest BCUT2D eigenvalue weighted by Crippen LogP contribution is 2.29. The summed E-state index contributed by atoms with van der Waals surface area (Å²) in [5.41, 5.74) is 4.26. The second-order valence-electron chi connectivity index (χ2n) is 7.95. The molecule has 0 saturated carbocycles. The van der Waals surface area contributed by atoms with Crippen LogP contribution in [-0.4, -0.2) is 46.8 Å². The smallest absolute Gasteiger partial charge is 0.254 e. The Morgan fingerprint density at radius 3 is 1.93 bits per heavy atom. The quantitative estimate of drug-likeness (QED) is 0.630. The molecule has 0 bridgehead atoms. The van der Waals surface area contributed by atoms with Gasteiger partial charge in [0.2, 0.25) is 0 Å². The van der Waals surface area contributed by atoms with Gasteiger partial charge in [-0.2, -0.15) is 0 Å². The van der Waals surface area contributed by atoms with E-state index in [1.165, 1.54) is 0 Å². The molecule has 0 unspecified atom stereocenters. The van der Waals surface area contributed by atoms with Crippen molar-refractivity contribution in [2.75, 3.05) is 13.1 Å². The van der Waals surface area contributed by atoms with Gasteiger partial charge in [-0.15, -0.1) is 0 Å². The SMILES string of the molecule is CCN(CC)C(=O)c1ccc(-c2ccccc2C(=O)N(C(C)C)C(C)C)c(C)c1. The minimum absolute atomic E-state index is 0.0355. The van der Waals surface area contributed by atoms with Crippen molar-refractivity contribution in [3.8, 4) is 11.1 Å². The maximum atomic E-state index is 13.3. The predicted octanol–water partition coefficient (Wildman–Crippen LogP) is 5.40. The van der Waals surface area contributed by atoms with Crippen molar-refractivity contribution in [2.45, 2.75) is 60.5 Å². The van der Waals surface area contributed by atoms with Gasteiger partial charge in [-0.3, -0.25) is 9.59 Å². The van der Waals surface area contributed by atoms with Crippen LogP contribution in [0.3, 0.4) is 0 Å². The van der Waals surface area contributed by atoms with E-state index in [2.05, 4.69) is 0 Å². The zero-order valence-electron chi connectivity index (χ0n) is 18.8. The summed E-state index contributed by atoms with van der Waals surface area (Å²) in [4.78, 5) is 29.8. The van der Waals surface area contributed by atoms with Gasteiger partial charge in [-0.05, 0) is 83.4 Å². The molecule has 0 aromatic heterocycles. The van der Waals surface area contributed by atoms with Crippen LogP contribution >= 0.6 is 0 Å². The van der Waals surface area contributed by atoms with Crippen molar-refractivity contribution in [2.24, 2.45) is 0 Å². The standard InChI is InChI=1S/C25H34N2O2/c1-8-26(9-2)24(28)20-14-15-21(19(7)16-20)22-12-10-11-13-23(22)25(29)27(17(3)4)18(5)6/h10-18H,8-9H2,1-7H3.